The van der Waals surface area contributed by atoms with Crippen LogP contribution in [-0.2, 0) is 10.1 Å². The number of aromatic carboxylic acids is 1. The third-order valence-corrected chi connectivity index (χ3v) is 3.37. The predicted molar refractivity (Wildman–Crippen MR) is 67.3 cm³/mol. The number of carboxylic acid groups (broad SMARTS) is 1. The molecule has 1 aliphatic rings. The summed E-state index contributed by atoms with van der Waals surface area (Å²) in [5.41, 5.74) is -0.00720. The molecular formula is C12H11BrFNO3. The highest BCUT2D eigenvalue weighted by molar-refractivity contribution is 9.08. The normalized spacial score (nSPS) is 14.3. The molecule has 6 heteroatoms. The largest absolute Gasteiger partial charge is 0.478 e. The Kier molecular flexibility index (Phi) is 3.65. The van der Waals surface area contributed by atoms with Crippen molar-refractivity contribution in [2.24, 2.45) is 5.92 Å². The van der Waals surface area contributed by atoms with Gasteiger partial charge in [0.05, 0.1) is 11.3 Å². The first-order chi connectivity index (χ1) is 8.54. The molecule has 1 amide bonds. The van der Waals surface area contributed by atoms with Crippen molar-refractivity contribution in [3.8, 4) is 0 Å². The minimum absolute atomic E-state index is 0.0379. The highest BCUT2D eigenvalue weighted by Gasteiger charge is 2.31. The zero-order valence-corrected chi connectivity index (χ0v) is 11.0. The number of carbonyl (C=O) groups is 2. The van der Waals surface area contributed by atoms with E-state index in [4.69, 9.17) is 5.11 Å². The molecule has 96 valence electrons. The minimum Gasteiger partial charge on any atom is -0.478 e. The lowest BCUT2D eigenvalue weighted by Crippen LogP contribution is -2.17. The number of alkyl halides is 1. The molecule has 0 spiro atoms. The lowest BCUT2D eigenvalue weighted by Gasteiger charge is -2.12. The smallest absolute Gasteiger partial charge is 0.338 e. The van der Waals surface area contributed by atoms with Crippen molar-refractivity contribution in [2.75, 3.05) is 5.32 Å². The van der Waals surface area contributed by atoms with Gasteiger partial charge in [0.25, 0.3) is 0 Å². The van der Waals surface area contributed by atoms with Crippen molar-refractivity contribution in [1.29, 1.82) is 0 Å². The molecule has 0 bridgehead atoms. The van der Waals surface area contributed by atoms with E-state index in [9.17, 15) is 14.0 Å². The van der Waals surface area contributed by atoms with Gasteiger partial charge in [0.15, 0.2) is 0 Å². The Balaban J connectivity index is 2.39. The summed E-state index contributed by atoms with van der Waals surface area (Å²) in [5.74, 6) is -2.10. The van der Waals surface area contributed by atoms with Crippen LogP contribution in [0.15, 0.2) is 12.1 Å². The summed E-state index contributed by atoms with van der Waals surface area (Å²) in [7, 11) is 0. The summed E-state index contributed by atoms with van der Waals surface area (Å²) in [6.45, 7) is 0. The van der Waals surface area contributed by atoms with Gasteiger partial charge in [-0.25, -0.2) is 9.18 Å². The van der Waals surface area contributed by atoms with Gasteiger partial charge in [0.2, 0.25) is 5.91 Å². The summed E-state index contributed by atoms with van der Waals surface area (Å²) in [4.78, 5) is 22.8. The lowest BCUT2D eigenvalue weighted by atomic mass is 10.1. The monoisotopic (exact) mass is 315 g/mol. The molecule has 0 heterocycles. The quantitative estimate of drug-likeness (QED) is 0.840. The van der Waals surface area contributed by atoms with Gasteiger partial charge in [-0.3, -0.25) is 4.79 Å². The van der Waals surface area contributed by atoms with E-state index >= 15 is 0 Å². The Hall–Kier alpha value is -1.43. The van der Waals surface area contributed by atoms with Gasteiger partial charge in [-0.15, -0.1) is 0 Å². The summed E-state index contributed by atoms with van der Waals surface area (Å²) >= 11 is 3.05. The van der Waals surface area contributed by atoms with Crippen molar-refractivity contribution >= 4 is 33.5 Å². The van der Waals surface area contributed by atoms with Crippen molar-refractivity contribution in [3.05, 3.63) is 29.1 Å². The zero-order chi connectivity index (χ0) is 13.3. The van der Waals surface area contributed by atoms with Crippen LogP contribution in [0.2, 0.25) is 0 Å². The Morgan fingerprint density at radius 3 is 2.61 bits per heavy atom. The first kappa shape index (κ1) is 13.0. The number of carboxylic acids is 1. The highest BCUT2D eigenvalue weighted by Crippen LogP contribution is 2.32. The van der Waals surface area contributed by atoms with Crippen LogP contribution in [0.25, 0.3) is 0 Å². The van der Waals surface area contributed by atoms with Gasteiger partial charge >= 0.3 is 5.97 Å². The molecule has 0 saturated heterocycles. The summed E-state index contributed by atoms with van der Waals surface area (Å²) in [6, 6.07) is 2.44. The molecule has 1 aromatic rings. The highest BCUT2D eigenvalue weighted by atomic mass is 79.9. The van der Waals surface area contributed by atoms with E-state index in [1.807, 2.05) is 0 Å². The fourth-order valence-electron chi connectivity index (χ4n) is 1.68. The average Bonchev–Trinajstić information content (AvgIpc) is 3.14. The molecule has 0 aromatic heterocycles. The summed E-state index contributed by atoms with van der Waals surface area (Å²) in [5, 5.41) is 11.8. The SMILES string of the molecule is O=C(O)c1c(NC(=O)C2CC2)ccc(F)c1CBr. The van der Waals surface area contributed by atoms with Crippen molar-refractivity contribution in [1.82, 2.24) is 0 Å². The second-order valence-corrected chi connectivity index (χ2v) is 4.71. The average molecular weight is 316 g/mol. The maximum atomic E-state index is 13.5. The van der Waals surface area contributed by atoms with Crippen molar-refractivity contribution in [2.45, 2.75) is 18.2 Å². The number of hydrogen-bond donors (Lipinski definition) is 2. The van der Waals surface area contributed by atoms with E-state index < -0.39 is 11.8 Å². The van der Waals surface area contributed by atoms with Crippen LogP contribution in [0, 0.1) is 11.7 Å². The maximum absolute atomic E-state index is 13.5. The third kappa shape index (κ3) is 2.53. The van der Waals surface area contributed by atoms with E-state index in [0.29, 0.717) is 0 Å². The lowest BCUT2D eigenvalue weighted by molar-refractivity contribution is -0.117. The van der Waals surface area contributed by atoms with E-state index in [1.165, 1.54) is 6.07 Å². The Bertz CT molecular complexity index is 514. The second-order valence-electron chi connectivity index (χ2n) is 4.15. The minimum atomic E-state index is -1.25. The predicted octanol–water partition coefficient (Wildman–Crippen LogP) is 2.77. The molecule has 2 rings (SSSR count). The zero-order valence-electron chi connectivity index (χ0n) is 9.37. The number of amides is 1. The fraction of sp³-hybridized carbons (Fsp3) is 0.333. The maximum Gasteiger partial charge on any atom is 0.338 e. The van der Waals surface area contributed by atoms with Crippen molar-refractivity contribution in [3.63, 3.8) is 0 Å². The standard InChI is InChI=1S/C12H11BrFNO3/c13-5-7-8(14)3-4-9(10(7)12(17)18)15-11(16)6-1-2-6/h3-4,6H,1-2,5H2,(H,15,16)(H,17,18). The van der Waals surface area contributed by atoms with Gasteiger partial charge < -0.3 is 10.4 Å². The van der Waals surface area contributed by atoms with Crippen LogP contribution in [-0.4, -0.2) is 17.0 Å². The number of carbonyl (C=O) groups excluding carboxylic acids is 1. The topological polar surface area (TPSA) is 66.4 Å². The molecule has 1 aromatic carbocycles. The number of rotatable bonds is 4. The molecule has 18 heavy (non-hydrogen) atoms. The van der Waals surface area contributed by atoms with Gasteiger partial charge in [-0.2, -0.15) is 0 Å². The van der Waals surface area contributed by atoms with Gasteiger partial charge in [-0.1, -0.05) is 15.9 Å². The van der Waals surface area contributed by atoms with Crippen LogP contribution in [0.5, 0.6) is 0 Å². The Morgan fingerprint density at radius 1 is 1.44 bits per heavy atom. The van der Waals surface area contributed by atoms with Crippen LogP contribution in [0.3, 0.4) is 0 Å². The van der Waals surface area contributed by atoms with Crippen LogP contribution in [0.4, 0.5) is 10.1 Å². The molecule has 0 atom stereocenters. The first-order valence-corrected chi connectivity index (χ1v) is 6.58. The number of nitrogens with one attached hydrogen (secondary N) is 1. The fourth-order valence-corrected chi connectivity index (χ4v) is 2.23. The molecule has 0 radical (unpaired) electrons. The van der Waals surface area contributed by atoms with Crippen molar-refractivity contribution < 1.29 is 19.1 Å². The van der Waals surface area contributed by atoms with Gasteiger partial charge in [0, 0.05) is 16.8 Å². The van der Waals surface area contributed by atoms with Crippen LogP contribution < -0.4 is 5.32 Å². The number of benzene rings is 1. The molecule has 2 N–H and O–H groups in total. The number of hydrogen-bond acceptors (Lipinski definition) is 2. The van der Waals surface area contributed by atoms with E-state index in [0.717, 1.165) is 18.9 Å². The third-order valence-electron chi connectivity index (χ3n) is 2.81. The van der Waals surface area contributed by atoms with Crippen LogP contribution >= 0.6 is 15.9 Å². The number of anilines is 1. The first-order valence-electron chi connectivity index (χ1n) is 5.46. The molecule has 0 aliphatic heterocycles. The Morgan fingerprint density at radius 2 is 2.11 bits per heavy atom. The van der Waals surface area contributed by atoms with Gasteiger partial charge in [-0.05, 0) is 25.0 Å². The van der Waals surface area contributed by atoms with E-state index in [-0.39, 0.29) is 34.0 Å². The summed E-state index contributed by atoms with van der Waals surface area (Å²) in [6.07, 6.45) is 1.64. The molecular weight excluding hydrogens is 305 g/mol. The second kappa shape index (κ2) is 5.06. The Labute approximate surface area is 111 Å². The number of halogens is 2. The van der Waals surface area contributed by atoms with Crippen LogP contribution in [0.1, 0.15) is 28.8 Å². The summed E-state index contributed by atoms with van der Waals surface area (Å²) < 4.78 is 13.5. The molecule has 0 unspecified atom stereocenters. The molecule has 1 saturated carbocycles. The van der Waals surface area contributed by atoms with E-state index in [2.05, 4.69) is 21.2 Å². The molecule has 4 nitrogen and oxygen atoms in total. The van der Waals surface area contributed by atoms with E-state index in [1.54, 1.807) is 0 Å². The van der Waals surface area contributed by atoms with Gasteiger partial charge in [0.1, 0.15) is 5.82 Å². The molecule has 1 fully saturated rings. The molecule has 1 aliphatic carbocycles.